The number of hydrogen-bond donors (Lipinski definition) is 2. The molecule has 0 aromatic heterocycles. The lowest BCUT2D eigenvalue weighted by Gasteiger charge is -2.25. The zero-order chi connectivity index (χ0) is 28.0. The SMILES string of the molecule is CCCCC(=O)Nc1cccc(S(=O)(=O)c2cccc(NC(=O)CCCC)c2C(Br)(Br)Br)c1C(Br)(Br)Br. The van der Waals surface area contributed by atoms with Crippen molar-refractivity contribution in [1.29, 1.82) is 0 Å². The van der Waals surface area contributed by atoms with E-state index in [-0.39, 0.29) is 32.7 Å². The van der Waals surface area contributed by atoms with Gasteiger partial charge in [-0.3, -0.25) is 9.59 Å². The molecule has 0 saturated carbocycles. The molecule has 0 aliphatic rings. The number of unbranched alkanes of at least 4 members (excludes halogenated alkanes) is 2. The van der Waals surface area contributed by atoms with Gasteiger partial charge in [-0.1, -0.05) is 134 Å². The third-order valence-electron chi connectivity index (χ3n) is 5.26. The Labute approximate surface area is 268 Å². The largest absolute Gasteiger partial charge is 0.326 e. The number of halogens is 6. The number of hydrogen-bond acceptors (Lipinski definition) is 4. The molecule has 0 fully saturated rings. The van der Waals surface area contributed by atoms with Gasteiger partial charge in [0.05, 0.1) is 9.79 Å². The van der Waals surface area contributed by atoms with Crippen molar-refractivity contribution in [3.63, 3.8) is 0 Å². The molecular formula is C24H26Br6N2O4S. The van der Waals surface area contributed by atoms with Crippen LogP contribution in [0.1, 0.15) is 63.5 Å². The molecule has 0 spiro atoms. The summed E-state index contributed by atoms with van der Waals surface area (Å²) in [6.45, 7) is 3.98. The van der Waals surface area contributed by atoms with Crippen LogP contribution in [-0.4, -0.2) is 20.2 Å². The van der Waals surface area contributed by atoms with Crippen LogP contribution in [0, 0.1) is 0 Å². The van der Waals surface area contributed by atoms with E-state index in [0.717, 1.165) is 12.8 Å². The van der Waals surface area contributed by atoms with Crippen molar-refractivity contribution < 1.29 is 18.0 Å². The van der Waals surface area contributed by atoms with Gasteiger partial charge in [0.15, 0.2) is 4.29 Å². The van der Waals surface area contributed by atoms with Crippen molar-refractivity contribution in [3.05, 3.63) is 47.5 Å². The van der Waals surface area contributed by atoms with E-state index in [1.807, 2.05) is 13.8 Å². The van der Waals surface area contributed by atoms with Crippen LogP contribution in [0.5, 0.6) is 0 Å². The van der Waals surface area contributed by atoms with Crippen LogP contribution in [0.15, 0.2) is 46.2 Å². The van der Waals surface area contributed by atoms with Crippen LogP contribution in [0.2, 0.25) is 0 Å². The molecule has 37 heavy (non-hydrogen) atoms. The molecule has 0 atom stereocenters. The van der Waals surface area contributed by atoms with Crippen LogP contribution in [0.25, 0.3) is 0 Å². The summed E-state index contributed by atoms with van der Waals surface area (Å²) in [5, 5.41) is 5.68. The Kier molecular flexibility index (Phi) is 12.8. The normalized spacial score (nSPS) is 12.3. The van der Waals surface area contributed by atoms with E-state index in [1.165, 1.54) is 12.1 Å². The minimum atomic E-state index is -4.20. The van der Waals surface area contributed by atoms with Gasteiger partial charge >= 0.3 is 0 Å². The molecule has 0 bridgehead atoms. The molecule has 0 heterocycles. The zero-order valence-electron chi connectivity index (χ0n) is 20.0. The average molecular weight is 918 g/mol. The Bertz CT molecular complexity index is 1150. The highest BCUT2D eigenvalue weighted by Gasteiger charge is 2.38. The summed E-state index contributed by atoms with van der Waals surface area (Å²) in [5.41, 5.74) is 1.21. The van der Waals surface area contributed by atoms with Crippen molar-refractivity contribution in [2.24, 2.45) is 0 Å². The summed E-state index contributed by atoms with van der Waals surface area (Å²) in [4.78, 5) is 25.0. The first kappa shape index (κ1) is 33.4. The average Bonchev–Trinajstić information content (AvgIpc) is 2.79. The number of carbonyl (C=O) groups is 2. The molecule has 6 nitrogen and oxygen atoms in total. The van der Waals surface area contributed by atoms with Crippen molar-refractivity contribution >= 4 is 129 Å². The van der Waals surface area contributed by atoms with Crippen LogP contribution < -0.4 is 10.6 Å². The second-order valence-electron chi connectivity index (χ2n) is 8.16. The van der Waals surface area contributed by atoms with E-state index in [4.69, 9.17) is 0 Å². The minimum Gasteiger partial charge on any atom is -0.326 e. The van der Waals surface area contributed by atoms with E-state index in [1.54, 1.807) is 24.3 Å². The second-order valence-corrected chi connectivity index (χ2v) is 23.6. The van der Waals surface area contributed by atoms with Crippen LogP contribution in [0.4, 0.5) is 11.4 Å². The van der Waals surface area contributed by atoms with Gasteiger partial charge in [-0.15, -0.1) is 0 Å². The molecule has 0 aliphatic carbocycles. The van der Waals surface area contributed by atoms with E-state index in [2.05, 4.69) is 106 Å². The van der Waals surface area contributed by atoms with Crippen LogP contribution in [0.3, 0.4) is 0 Å². The van der Waals surface area contributed by atoms with Crippen molar-refractivity contribution in [2.45, 2.75) is 66.4 Å². The van der Waals surface area contributed by atoms with Crippen LogP contribution >= 0.6 is 95.6 Å². The predicted molar refractivity (Wildman–Crippen MR) is 172 cm³/mol. The zero-order valence-corrected chi connectivity index (χ0v) is 30.3. The quantitative estimate of drug-likeness (QED) is 0.233. The summed E-state index contributed by atoms with van der Waals surface area (Å²) in [7, 11) is -4.20. The fourth-order valence-corrected chi connectivity index (χ4v) is 8.69. The molecule has 2 aromatic rings. The summed E-state index contributed by atoms with van der Waals surface area (Å²) in [5.74, 6) is -0.431. The number of amides is 2. The molecule has 204 valence electrons. The van der Waals surface area contributed by atoms with Crippen LogP contribution in [-0.2, 0) is 23.7 Å². The van der Waals surface area contributed by atoms with Crippen molar-refractivity contribution in [1.82, 2.24) is 0 Å². The first-order chi connectivity index (χ1) is 17.1. The maximum atomic E-state index is 14.2. The highest BCUT2D eigenvalue weighted by Crippen LogP contribution is 2.54. The maximum absolute atomic E-state index is 14.2. The molecule has 2 N–H and O–H groups in total. The standard InChI is InChI=1S/C24H26Br6N2O4S/c1-3-5-13-19(33)31-15-9-7-11-17(21(15)23(25,26)27)37(35,36)18-12-8-10-16(22(18)24(28,29)30)32-20(34)14-6-4-2/h7-12H,3-6,13-14H2,1-2H3,(H,31,33)(H,32,34). The predicted octanol–water partition coefficient (Wildman–Crippen LogP) is 9.37. The number of carbonyl (C=O) groups excluding carboxylic acids is 2. The summed E-state index contributed by atoms with van der Waals surface area (Å²) >= 11 is 20.7. The fourth-order valence-electron chi connectivity index (χ4n) is 3.52. The third kappa shape index (κ3) is 9.11. The molecule has 2 rings (SSSR count). The molecule has 0 unspecified atom stereocenters. The molecule has 0 saturated heterocycles. The Morgan fingerprint density at radius 1 is 0.703 bits per heavy atom. The summed E-state index contributed by atoms with van der Waals surface area (Å²) in [6, 6.07) is 9.38. The van der Waals surface area contributed by atoms with Crippen molar-refractivity contribution in [3.8, 4) is 0 Å². The fraction of sp³-hybridized carbons (Fsp3) is 0.417. The first-order valence-electron chi connectivity index (χ1n) is 11.4. The Balaban J connectivity index is 2.74. The molecular weight excluding hydrogens is 892 g/mol. The molecule has 0 radical (unpaired) electrons. The molecule has 2 amide bonds. The number of anilines is 2. The van der Waals surface area contributed by atoms with Crippen molar-refractivity contribution in [2.75, 3.05) is 10.6 Å². The topological polar surface area (TPSA) is 92.3 Å². The number of rotatable bonds is 10. The van der Waals surface area contributed by atoms with Gasteiger partial charge in [0.2, 0.25) is 21.7 Å². The minimum absolute atomic E-state index is 0.0427. The van der Waals surface area contributed by atoms with E-state index in [9.17, 15) is 18.0 Å². The molecule has 0 aliphatic heterocycles. The Hall–Kier alpha value is 0.210. The summed E-state index contributed by atoms with van der Waals surface area (Å²) in [6.07, 6.45) is 3.77. The molecule has 2 aromatic carbocycles. The smallest absolute Gasteiger partial charge is 0.224 e. The highest BCUT2D eigenvalue weighted by atomic mass is 80.0. The maximum Gasteiger partial charge on any atom is 0.224 e. The highest BCUT2D eigenvalue weighted by molar-refractivity contribution is 9.39. The number of alkyl halides is 6. The molecule has 13 heteroatoms. The lowest BCUT2D eigenvalue weighted by molar-refractivity contribution is -0.117. The van der Waals surface area contributed by atoms with Gasteiger partial charge in [-0.05, 0) is 37.1 Å². The third-order valence-corrected chi connectivity index (χ3v) is 9.48. The monoisotopic (exact) mass is 912 g/mol. The first-order valence-corrected chi connectivity index (χ1v) is 17.6. The number of nitrogens with one attached hydrogen (secondary N) is 2. The summed E-state index contributed by atoms with van der Waals surface area (Å²) < 4.78 is 26.2. The van der Waals surface area contributed by atoms with E-state index >= 15 is 0 Å². The Morgan fingerprint density at radius 2 is 1.05 bits per heavy atom. The lowest BCUT2D eigenvalue weighted by Crippen LogP contribution is -2.20. The second kappa shape index (κ2) is 14.2. The van der Waals surface area contributed by atoms with Gasteiger partial charge in [0.25, 0.3) is 0 Å². The van der Waals surface area contributed by atoms with E-state index in [0.29, 0.717) is 37.1 Å². The van der Waals surface area contributed by atoms with Gasteiger partial charge in [0, 0.05) is 35.3 Å². The lowest BCUT2D eigenvalue weighted by atomic mass is 10.1. The van der Waals surface area contributed by atoms with E-state index < -0.39 is 14.1 Å². The van der Waals surface area contributed by atoms with Gasteiger partial charge in [0.1, 0.15) is 0 Å². The van der Waals surface area contributed by atoms with Gasteiger partial charge in [-0.25, -0.2) is 8.42 Å². The number of sulfone groups is 1. The van der Waals surface area contributed by atoms with Gasteiger partial charge in [-0.2, -0.15) is 0 Å². The van der Waals surface area contributed by atoms with Gasteiger partial charge < -0.3 is 10.6 Å². The Morgan fingerprint density at radius 3 is 1.35 bits per heavy atom. The number of benzene rings is 2.